The Balaban J connectivity index is 2.35. The maximum absolute atomic E-state index is 12.3. The minimum atomic E-state index is -1.67. The first-order chi connectivity index (χ1) is 9.88. The van der Waals surface area contributed by atoms with Crippen LogP contribution in [0.5, 0.6) is 5.75 Å². The molecule has 0 saturated heterocycles. The molecular formula is C14H13NO6. The van der Waals surface area contributed by atoms with Gasteiger partial charge in [-0.1, -0.05) is 12.1 Å². The molecule has 0 fully saturated rings. The third-order valence-corrected chi connectivity index (χ3v) is 3.27. The number of imide groups is 1. The number of ether oxygens (including phenoxy) is 1. The molecule has 7 nitrogen and oxygen atoms in total. The predicted molar refractivity (Wildman–Crippen MR) is 69.2 cm³/mol. The van der Waals surface area contributed by atoms with Gasteiger partial charge in [0.1, 0.15) is 5.75 Å². The van der Waals surface area contributed by atoms with Crippen LogP contribution in [-0.4, -0.2) is 40.7 Å². The van der Waals surface area contributed by atoms with Crippen molar-refractivity contribution in [1.29, 1.82) is 0 Å². The van der Waals surface area contributed by atoms with Gasteiger partial charge in [-0.25, -0.2) is 0 Å². The summed E-state index contributed by atoms with van der Waals surface area (Å²) in [6.45, 7) is 0.979. The lowest BCUT2D eigenvalue weighted by Crippen LogP contribution is -2.43. The van der Waals surface area contributed by atoms with Gasteiger partial charge >= 0.3 is 5.97 Å². The van der Waals surface area contributed by atoms with Crippen LogP contribution in [0, 0.1) is 5.92 Å². The number of aromatic hydroxyl groups is 1. The van der Waals surface area contributed by atoms with Crippen molar-refractivity contribution in [3.63, 3.8) is 0 Å². The first-order valence-corrected chi connectivity index (χ1v) is 6.13. The number of hydrogen-bond acceptors (Lipinski definition) is 6. The van der Waals surface area contributed by atoms with Crippen LogP contribution in [0.1, 0.15) is 22.8 Å². The molecular weight excluding hydrogens is 278 g/mol. The maximum atomic E-state index is 12.3. The van der Waals surface area contributed by atoms with Gasteiger partial charge in [-0.2, -0.15) is 0 Å². The minimum absolute atomic E-state index is 0.0121. The van der Waals surface area contributed by atoms with Crippen molar-refractivity contribution in [2.75, 3.05) is 7.11 Å². The third kappa shape index (κ3) is 2.37. The highest BCUT2D eigenvalue weighted by molar-refractivity contribution is 6.21. The Kier molecular flexibility index (Phi) is 3.75. The molecule has 21 heavy (non-hydrogen) atoms. The summed E-state index contributed by atoms with van der Waals surface area (Å²) in [7, 11) is 1.05. The summed E-state index contributed by atoms with van der Waals surface area (Å²) in [5, 5.41) is 9.69. The lowest BCUT2D eigenvalue weighted by Gasteiger charge is -2.18. The third-order valence-electron chi connectivity index (χ3n) is 3.27. The summed E-state index contributed by atoms with van der Waals surface area (Å²) in [5.41, 5.74) is 0.471. The van der Waals surface area contributed by atoms with E-state index in [2.05, 4.69) is 4.74 Å². The summed E-state index contributed by atoms with van der Waals surface area (Å²) in [6, 6.07) is 4.45. The van der Waals surface area contributed by atoms with Crippen molar-refractivity contribution in [3.05, 3.63) is 29.3 Å². The molecule has 110 valence electrons. The molecule has 0 spiro atoms. The van der Waals surface area contributed by atoms with Crippen LogP contribution in [0.4, 0.5) is 0 Å². The zero-order valence-corrected chi connectivity index (χ0v) is 11.5. The fraction of sp³-hybridized carbons (Fsp3) is 0.286. The van der Waals surface area contributed by atoms with Crippen LogP contribution in [0.15, 0.2) is 18.2 Å². The number of amides is 2. The Morgan fingerprint density at radius 2 is 2.00 bits per heavy atom. The zero-order chi connectivity index (χ0) is 15.7. The van der Waals surface area contributed by atoms with Crippen molar-refractivity contribution >= 4 is 23.6 Å². The molecule has 2 amide bonds. The summed E-state index contributed by atoms with van der Waals surface area (Å²) in [6.07, 6.45) is 0. The average molecular weight is 291 g/mol. The quantitative estimate of drug-likeness (QED) is 0.633. The lowest BCUT2D eigenvalue weighted by molar-refractivity contribution is -0.155. The van der Waals surface area contributed by atoms with Gasteiger partial charge in [0.2, 0.25) is 0 Å². The van der Waals surface area contributed by atoms with Crippen LogP contribution in [0.3, 0.4) is 0 Å². The molecule has 1 aromatic rings. The number of Topliss-reactive ketones (excluding diaryl/α,β-unsaturated/α-hetero) is 1. The van der Waals surface area contributed by atoms with Gasteiger partial charge in [0.05, 0.1) is 19.2 Å². The van der Waals surface area contributed by atoms with Crippen LogP contribution >= 0.6 is 0 Å². The molecule has 1 unspecified atom stereocenters. The highest BCUT2D eigenvalue weighted by Crippen LogP contribution is 2.31. The van der Waals surface area contributed by atoms with E-state index in [4.69, 9.17) is 0 Å². The molecule has 0 aromatic heterocycles. The number of nitrogens with zero attached hydrogens (tertiary/aromatic N) is 1. The second-order valence-corrected chi connectivity index (χ2v) is 4.61. The van der Waals surface area contributed by atoms with Gasteiger partial charge in [0, 0.05) is 0 Å². The second-order valence-electron chi connectivity index (χ2n) is 4.61. The molecule has 0 radical (unpaired) electrons. The normalized spacial score (nSPS) is 14.6. The molecule has 7 heteroatoms. The van der Waals surface area contributed by atoms with Gasteiger partial charge in [-0.15, -0.1) is 0 Å². The first kappa shape index (κ1) is 14.7. The molecule has 1 heterocycles. The summed E-state index contributed by atoms with van der Waals surface area (Å²) in [5.74, 6) is -5.32. The highest BCUT2D eigenvalue weighted by atomic mass is 16.5. The fourth-order valence-electron chi connectivity index (χ4n) is 2.23. The van der Waals surface area contributed by atoms with Crippen LogP contribution in [0.25, 0.3) is 0 Å². The van der Waals surface area contributed by atoms with E-state index in [9.17, 15) is 24.3 Å². The fourth-order valence-corrected chi connectivity index (χ4v) is 2.23. The van der Waals surface area contributed by atoms with Crippen molar-refractivity contribution in [2.45, 2.75) is 13.5 Å². The van der Waals surface area contributed by atoms with E-state index in [1.54, 1.807) is 6.07 Å². The molecule has 0 aliphatic carbocycles. The largest absolute Gasteiger partial charge is 0.507 e. The molecule has 0 bridgehead atoms. The van der Waals surface area contributed by atoms with E-state index in [-0.39, 0.29) is 17.9 Å². The van der Waals surface area contributed by atoms with E-state index < -0.39 is 29.5 Å². The Morgan fingerprint density at radius 3 is 2.52 bits per heavy atom. The van der Waals surface area contributed by atoms with E-state index in [1.807, 2.05) is 0 Å². The number of rotatable bonds is 3. The number of phenolic OH excluding ortho intramolecular Hbond substituents is 1. The Morgan fingerprint density at radius 1 is 1.33 bits per heavy atom. The van der Waals surface area contributed by atoms with Gasteiger partial charge in [0.25, 0.3) is 11.8 Å². The van der Waals surface area contributed by atoms with E-state index in [0.717, 1.165) is 18.9 Å². The van der Waals surface area contributed by atoms with Gasteiger partial charge < -0.3 is 9.84 Å². The monoisotopic (exact) mass is 291 g/mol. The second kappa shape index (κ2) is 5.35. The average Bonchev–Trinajstić information content (AvgIpc) is 2.77. The van der Waals surface area contributed by atoms with Crippen molar-refractivity contribution in [3.8, 4) is 5.75 Å². The molecule has 1 aromatic carbocycles. The molecule has 1 aliphatic heterocycles. The Bertz CT molecular complexity index is 651. The number of esters is 1. The summed E-state index contributed by atoms with van der Waals surface area (Å²) < 4.78 is 4.42. The van der Waals surface area contributed by atoms with E-state index in [1.165, 1.54) is 12.1 Å². The number of methoxy groups -OCH3 is 1. The van der Waals surface area contributed by atoms with E-state index in [0.29, 0.717) is 5.56 Å². The van der Waals surface area contributed by atoms with Crippen molar-refractivity contribution in [1.82, 2.24) is 4.90 Å². The standard InChI is InChI=1S/C14H13NO6/c1-7(16)10(14(20)21-2)12(18)15-6-8-4-3-5-9(17)11(8)13(15)19/h3-5,10,17H,6H2,1-2H3. The topological polar surface area (TPSA) is 101 Å². The molecule has 1 N–H and O–H groups in total. The minimum Gasteiger partial charge on any atom is -0.507 e. The first-order valence-electron chi connectivity index (χ1n) is 6.13. The maximum Gasteiger partial charge on any atom is 0.325 e. The van der Waals surface area contributed by atoms with Gasteiger partial charge in [-0.3, -0.25) is 24.1 Å². The molecule has 1 aliphatic rings. The van der Waals surface area contributed by atoms with E-state index >= 15 is 0 Å². The number of hydrogen-bond donors (Lipinski definition) is 1. The Hall–Kier alpha value is -2.70. The van der Waals surface area contributed by atoms with Crippen molar-refractivity contribution < 1.29 is 29.0 Å². The number of fused-ring (bicyclic) bond motifs is 1. The SMILES string of the molecule is COC(=O)C(C(C)=O)C(=O)N1Cc2cccc(O)c2C1=O. The van der Waals surface area contributed by atoms with Crippen LogP contribution in [-0.2, 0) is 25.7 Å². The number of ketones is 1. The van der Waals surface area contributed by atoms with Crippen molar-refractivity contribution in [2.24, 2.45) is 5.92 Å². The summed E-state index contributed by atoms with van der Waals surface area (Å²) in [4.78, 5) is 48.3. The smallest absolute Gasteiger partial charge is 0.325 e. The number of phenols is 1. The molecule has 0 saturated carbocycles. The zero-order valence-electron chi connectivity index (χ0n) is 11.5. The van der Waals surface area contributed by atoms with Gasteiger partial charge in [0.15, 0.2) is 11.7 Å². The Labute approximate surface area is 120 Å². The number of carbonyl (C=O) groups excluding carboxylic acids is 4. The molecule has 1 atom stereocenters. The predicted octanol–water partition coefficient (Wildman–Crippen LogP) is 0.253. The van der Waals surface area contributed by atoms with Gasteiger partial charge in [-0.05, 0) is 18.6 Å². The van der Waals surface area contributed by atoms with Crippen LogP contribution < -0.4 is 0 Å². The van der Waals surface area contributed by atoms with Crippen LogP contribution in [0.2, 0.25) is 0 Å². The lowest BCUT2D eigenvalue weighted by atomic mass is 10.0. The summed E-state index contributed by atoms with van der Waals surface area (Å²) >= 11 is 0. The molecule has 2 rings (SSSR count). The highest BCUT2D eigenvalue weighted by Gasteiger charge is 2.42. The number of carbonyl (C=O) groups is 4. The number of benzene rings is 1.